The minimum Gasteiger partial charge on any atom is -0.391 e. The molecule has 0 aromatic heterocycles. The van der Waals surface area contributed by atoms with Gasteiger partial charge in [0.2, 0.25) is 5.91 Å². The van der Waals surface area contributed by atoms with Crippen molar-refractivity contribution in [3.63, 3.8) is 0 Å². The quantitative estimate of drug-likeness (QED) is 0.763. The molecule has 0 saturated heterocycles. The van der Waals surface area contributed by atoms with Crippen LogP contribution >= 0.6 is 0 Å². The van der Waals surface area contributed by atoms with Gasteiger partial charge in [-0.1, -0.05) is 42.7 Å². The molecule has 30 heavy (non-hydrogen) atoms. The van der Waals surface area contributed by atoms with Crippen molar-refractivity contribution in [1.82, 2.24) is 4.90 Å². The van der Waals surface area contributed by atoms with Gasteiger partial charge in [-0.3, -0.25) is 9.10 Å². The van der Waals surface area contributed by atoms with Crippen LogP contribution < -0.4 is 4.31 Å². The molecule has 7 heteroatoms. The van der Waals surface area contributed by atoms with E-state index in [1.165, 1.54) is 9.21 Å². The zero-order chi connectivity index (χ0) is 21.9. The highest BCUT2D eigenvalue weighted by molar-refractivity contribution is 7.92. The summed E-state index contributed by atoms with van der Waals surface area (Å²) in [4.78, 5) is 14.7. The Hall–Kier alpha value is -2.38. The van der Waals surface area contributed by atoms with E-state index >= 15 is 0 Å². The van der Waals surface area contributed by atoms with Crippen molar-refractivity contribution in [2.75, 3.05) is 17.9 Å². The summed E-state index contributed by atoms with van der Waals surface area (Å²) in [6.07, 6.45) is 2.69. The number of carbonyl (C=O) groups excluding carboxylic acids is 1. The second-order valence-electron chi connectivity index (χ2n) is 8.09. The van der Waals surface area contributed by atoms with Gasteiger partial charge >= 0.3 is 0 Å². The first-order valence-electron chi connectivity index (χ1n) is 10.3. The van der Waals surface area contributed by atoms with Crippen LogP contribution in [0.25, 0.3) is 0 Å². The molecule has 6 nitrogen and oxygen atoms in total. The summed E-state index contributed by atoms with van der Waals surface area (Å²) >= 11 is 0. The molecule has 162 valence electrons. The predicted molar refractivity (Wildman–Crippen MR) is 118 cm³/mol. The van der Waals surface area contributed by atoms with Crippen molar-refractivity contribution in [2.45, 2.75) is 56.6 Å². The third-order valence-electron chi connectivity index (χ3n) is 5.76. The van der Waals surface area contributed by atoms with E-state index in [-0.39, 0.29) is 23.4 Å². The van der Waals surface area contributed by atoms with Crippen LogP contribution in [0.2, 0.25) is 0 Å². The predicted octanol–water partition coefficient (Wildman–Crippen LogP) is 3.26. The standard InChI is InChI=1S/C23H30N2O4S/c1-17-11-13-20(14-12-17)30(28,29)25(19-8-6-7-18(2)15-19)16-23(27)24(3)21-9-4-5-10-22(21)26/h6-8,11-15,21-22,26H,4-5,9-10,16H2,1-3H3. The third-order valence-corrected chi connectivity index (χ3v) is 7.55. The van der Waals surface area contributed by atoms with Crippen LogP contribution in [0.5, 0.6) is 0 Å². The molecule has 0 bridgehead atoms. The van der Waals surface area contributed by atoms with E-state index in [9.17, 15) is 18.3 Å². The molecule has 2 aromatic carbocycles. The number of benzene rings is 2. The molecule has 1 saturated carbocycles. The molecule has 0 spiro atoms. The number of aryl methyl sites for hydroxylation is 2. The normalized spacial score (nSPS) is 19.3. The Labute approximate surface area is 179 Å². The summed E-state index contributed by atoms with van der Waals surface area (Å²) in [5, 5.41) is 10.3. The highest BCUT2D eigenvalue weighted by Gasteiger charge is 2.33. The molecule has 1 aliphatic carbocycles. The van der Waals surface area contributed by atoms with Gasteiger partial charge in [-0.2, -0.15) is 0 Å². The van der Waals surface area contributed by atoms with Crippen molar-refractivity contribution in [3.8, 4) is 0 Å². The van der Waals surface area contributed by atoms with Crippen LogP contribution in [0.4, 0.5) is 5.69 Å². The monoisotopic (exact) mass is 430 g/mol. The minimum absolute atomic E-state index is 0.141. The average molecular weight is 431 g/mol. The number of aliphatic hydroxyl groups excluding tert-OH is 1. The first-order valence-corrected chi connectivity index (χ1v) is 11.7. The Morgan fingerprint density at radius 1 is 1.03 bits per heavy atom. The summed E-state index contributed by atoms with van der Waals surface area (Å²) in [6, 6.07) is 13.4. The van der Waals surface area contributed by atoms with Crippen LogP contribution in [-0.2, 0) is 14.8 Å². The number of likely N-dealkylation sites (N-methyl/N-ethyl adjacent to an activating group) is 1. The van der Waals surface area contributed by atoms with Crippen molar-refractivity contribution in [1.29, 1.82) is 0 Å². The van der Waals surface area contributed by atoms with Crippen molar-refractivity contribution in [2.24, 2.45) is 0 Å². The number of hydrogen-bond donors (Lipinski definition) is 1. The second-order valence-corrected chi connectivity index (χ2v) is 9.95. The number of amides is 1. The van der Waals surface area contributed by atoms with E-state index in [2.05, 4.69) is 0 Å². The Morgan fingerprint density at radius 2 is 1.70 bits per heavy atom. The Morgan fingerprint density at radius 3 is 2.33 bits per heavy atom. The molecule has 1 aliphatic rings. The van der Waals surface area contributed by atoms with Crippen LogP contribution in [0, 0.1) is 13.8 Å². The van der Waals surface area contributed by atoms with E-state index in [0.29, 0.717) is 12.1 Å². The number of nitrogens with zero attached hydrogens (tertiary/aromatic N) is 2. The molecule has 3 rings (SSSR count). The fourth-order valence-electron chi connectivity index (χ4n) is 3.90. The molecule has 2 unspecified atom stereocenters. The van der Waals surface area contributed by atoms with Gasteiger partial charge in [0.1, 0.15) is 6.54 Å². The zero-order valence-electron chi connectivity index (χ0n) is 17.8. The van der Waals surface area contributed by atoms with Gasteiger partial charge in [0.15, 0.2) is 0 Å². The van der Waals surface area contributed by atoms with Gasteiger partial charge in [-0.15, -0.1) is 0 Å². The summed E-state index contributed by atoms with van der Waals surface area (Å²) in [5.74, 6) is -0.335. The van der Waals surface area contributed by atoms with Crippen LogP contribution in [0.3, 0.4) is 0 Å². The van der Waals surface area contributed by atoms with Crippen molar-refractivity contribution in [3.05, 3.63) is 59.7 Å². The second kappa shape index (κ2) is 9.18. The molecular weight excluding hydrogens is 400 g/mol. The maximum atomic E-state index is 13.5. The number of rotatable bonds is 6. The third kappa shape index (κ3) is 4.84. The number of hydrogen-bond acceptors (Lipinski definition) is 4. The van der Waals surface area contributed by atoms with E-state index in [0.717, 1.165) is 30.4 Å². The zero-order valence-corrected chi connectivity index (χ0v) is 18.6. The van der Waals surface area contributed by atoms with Gasteiger partial charge in [-0.05, 0) is 56.5 Å². The number of aliphatic hydroxyl groups is 1. The maximum absolute atomic E-state index is 13.5. The van der Waals surface area contributed by atoms with Crippen LogP contribution in [0.15, 0.2) is 53.4 Å². The Bertz CT molecular complexity index is 989. The summed E-state index contributed by atoms with van der Waals surface area (Å²) in [7, 11) is -2.29. The lowest BCUT2D eigenvalue weighted by atomic mass is 9.91. The van der Waals surface area contributed by atoms with Crippen LogP contribution in [0.1, 0.15) is 36.8 Å². The average Bonchev–Trinajstić information content (AvgIpc) is 2.72. The van der Waals surface area contributed by atoms with Crippen molar-refractivity contribution < 1.29 is 18.3 Å². The molecule has 1 N–H and O–H groups in total. The van der Waals surface area contributed by atoms with Gasteiger partial charge < -0.3 is 10.0 Å². The first-order chi connectivity index (χ1) is 14.2. The highest BCUT2D eigenvalue weighted by Crippen LogP contribution is 2.27. The minimum atomic E-state index is -3.94. The fraction of sp³-hybridized carbons (Fsp3) is 0.435. The smallest absolute Gasteiger partial charge is 0.264 e. The first kappa shape index (κ1) is 22.3. The van der Waals surface area contributed by atoms with E-state index in [1.807, 2.05) is 19.9 Å². The lowest BCUT2D eigenvalue weighted by Gasteiger charge is -2.36. The van der Waals surface area contributed by atoms with E-state index in [1.54, 1.807) is 49.5 Å². The largest absolute Gasteiger partial charge is 0.391 e. The van der Waals surface area contributed by atoms with Crippen LogP contribution in [-0.4, -0.2) is 50.1 Å². The summed E-state index contributed by atoms with van der Waals surface area (Å²) < 4.78 is 28.1. The molecule has 1 fully saturated rings. The number of carbonyl (C=O) groups is 1. The van der Waals surface area contributed by atoms with Gasteiger partial charge in [0, 0.05) is 7.05 Å². The highest BCUT2D eigenvalue weighted by atomic mass is 32.2. The van der Waals surface area contributed by atoms with E-state index in [4.69, 9.17) is 0 Å². The topological polar surface area (TPSA) is 77.9 Å². The molecular formula is C23H30N2O4S. The molecule has 1 amide bonds. The Kier molecular flexibility index (Phi) is 6.83. The van der Waals surface area contributed by atoms with Gasteiger partial charge in [-0.25, -0.2) is 8.42 Å². The van der Waals surface area contributed by atoms with Gasteiger partial charge in [0.25, 0.3) is 10.0 Å². The molecule has 0 heterocycles. The number of anilines is 1. The van der Waals surface area contributed by atoms with E-state index < -0.39 is 16.1 Å². The molecule has 0 aliphatic heterocycles. The lowest BCUT2D eigenvalue weighted by molar-refractivity contribution is -0.133. The SMILES string of the molecule is Cc1ccc(S(=O)(=O)N(CC(=O)N(C)C2CCCCC2O)c2cccc(C)c2)cc1. The summed E-state index contributed by atoms with van der Waals surface area (Å²) in [5.41, 5.74) is 2.31. The van der Waals surface area contributed by atoms with Gasteiger partial charge in [0.05, 0.1) is 22.7 Å². The lowest BCUT2D eigenvalue weighted by Crippen LogP contribution is -2.50. The van der Waals surface area contributed by atoms with Crippen molar-refractivity contribution >= 4 is 21.6 Å². The molecule has 2 aromatic rings. The molecule has 2 atom stereocenters. The Balaban J connectivity index is 1.94. The fourth-order valence-corrected chi connectivity index (χ4v) is 5.30. The molecule has 0 radical (unpaired) electrons. The maximum Gasteiger partial charge on any atom is 0.264 e. The number of sulfonamides is 1. The summed E-state index contributed by atoms with van der Waals surface area (Å²) in [6.45, 7) is 3.45.